The van der Waals surface area contributed by atoms with Crippen molar-refractivity contribution in [3.8, 4) is 11.5 Å². The molecule has 14 heteroatoms. The largest absolute Gasteiger partial charge is 0.497 e. The van der Waals surface area contributed by atoms with Gasteiger partial charge in [0.1, 0.15) is 22.8 Å². The topological polar surface area (TPSA) is 156 Å². The highest BCUT2D eigenvalue weighted by Crippen LogP contribution is 2.45. The van der Waals surface area contributed by atoms with Gasteiger partial charge in [0.15, 0.2) is 14.5 Å². The van der Waals surface area contributed by atoms with Crippen LogP contribution >= 0.6 is 0 Å². The van der Waals surface area contributed by atoms with Gasteiger partial charge in [-0.3, -0.25) is 24.5 Å². The van der Waals surface area contributed by atoms with Crippen LogP contribution in [-0.4, -0.2) is 62.9 Å². The SMILES string of the molecule is CNc1cc2c(cc1[N+](=O)[O-])c(=O)[nH]c(=O)n2[C@@H]1O[C@@H](COC(c2ccccc2)(c2ccc(OC)cc2)c2ccc(OC)cc2)C[C@H]1O[Si](C)(C)C(C)(C)C. The first-order valence-corrected chi connectivity index (χ1v) is 21.0. The van der Waals surface area contributed by atoms with E-state index in [4.69, 9.17) is 23.4 Å². The number of aromatic amines is 1. The van der Waals surface area contributed by atoms with E-state index in [9.17, 15) is 19.7 Å². The van der Waals surface area contributed by atoms with Crippen molar-refractivity contribution in [3.05, 3.63) is 139 Å². The fourth-order valence-corrected chi connectivity index (χ4v) is 8.22. The smallest absolute Gasteiger partial charge is 0.331 e. The van der Waals surface area contributed by atoms with Crippen molar-refractivity contribution in [1.82, 2.24) is 9.55 Å². The van der Waals surface area contributed by atoms with Crippen LogP contribution < -0.4 is 26.0 Å². The summed E-state index contributed by atoms with van der Waals surface area (Å²) in [6.45, 7) is 10.7. The number of anilines is 1. The Kier molecular flexibility index (Phi) is 11.1. The van der Waals surface area contributed by atoms with E-state index in [-0.39, 0.29) is 33.9 Å². The second-order valence-corrected chi connectivity index (χ2v) is 19.9. The summed E-state index contributed by atoms with van der Waals surface area (Å²) in [5, 5.41) is 14.6. The Labute approximate surface area is 320 Å². The molecule has 0 radical (unpaired) electrons. The second kappa shape index (κ2) is 15.5. The number of fused-ring (bicyclic) bond motifs is 1. The van der Waals surface area contributed by atoms with Gasteiger partial charge in [0.05, 0.1) is 48.9 Å². The van der Waals surface area contributed by atoms with E-state index in [0.29, 0.717) is 17.9 Å². The standard InChI is InChI=1S/C41H48N4O9Si/c1-40(2,3)55(7,8)54-36-22-31(53-38(36)44-34-24-33(42-4)35(45(48)49)23-32(34)37(46)43-39(44)47)25-52-41(26-12-10-9-11-13-26,27-14-18-29(50-5)19-15-27)28-16-20-30(51-6)21-17-28/h9-21,23-24,31,36,38,42H,22,25H2,1-8H3,(H,43,46,47)/t31-,36-,38-/m1/s1. The van der Waals surface area contributed by atoms with Crippen molar-refractivity contribution in [2.24, 2.45) is 0 Å². The Morgan fingerprint density at radius 1 is 0.909 bits per heavy atom. The van der Waals surface area contributed by atoms with Crippen LogP contribution in [0.25, 0.3) is 10.9 Å². The number of H-pyrrole nitrogens is 1. The molecule has 1 aliphatic rings. The van der Waals surface area contributed by atoms with Crippen LogP contribution in [0.1, 0.15) is 50.1 Å². The summed E-state index contributed by atoms with van der Waals surface area (Å²) < 4.78 is 33.3. The first-order chi connectivity index (χ1) is 26.1. The van der Waals surface area contributed by atoms with Gasteiger partial charge >= 0.3 is 5.69 Å². The number of aromatic nitrogens is 2. The summed E-state index contributed by atoms with van der Waals surface area (Å²) in [7, 11) is 2.29. The fourth-order valence-electron chi connectivity index (χ4n) is 6.90. The van der Waals surface area contributed by atoms with Gasteiger partial charge in [-0.05, 0) is 65.2 Å². The molecule has 0 spiro atoms. The lowest BCUT2D eigenvalue weighted by atomic mass is 9.80. The molecule has 0 aliphatic carbocycles. The molecule has 2 heterocycles. The summed E-state index contributed by atoms with van der Waals surface area (Å²) in [5.41, 5.74) is -0.0106. The highest BCUT2D eigenvalue weighted by molar-refractivity contribution is 6.74. The number of nitro benzene ring substituents is 1. The van der Waals surface area contributed by atoms with Crippen LogP contribution in [0.4, 0.5) is 11.4 Å². The zero-order valence-corrected chi connectivity index (χ0v) is 33.4. The number of methoxy groups -OCH3 is 2. The maximum absolute atomic E-state index is 13.8. The summed E-state index contributed by atoms with van der Waals surface area (Å²) in [5.74, 6) is 1.39. The van der Waals surface area contributed by atoms with Gasteiger partial charge in [-0.2, -0.15) is 0 Å². The van der Waals surface area contributed by atoms with Crippen LogP contribution in [0.15, 0.2) is 101 Å². The van der Waals surface area contributed by atoms with Crippen molar-refractivity contribution in [1.29, 1.82) is 0 Å². The molecule has 1 fully saturated rings. The first kappa shape index (κ1) is 39.4. The molecule has 1 saturated heterocycles. The summed E-state index contributed by atoms with van der Waals surface area (Å²) >= 11 is 0. The van der Waals surface area contributed by atoms with Gasteiger partial charge in [-0.1, -0.05) is 75.4 Å². The quantitative estimate of drug-likeness (QED) is 0.0538. The maximum atomic E-state index is 13.8. The first-order valence-electron chi connectivity index (χ1n) is 18.1. The molecule has 3 atom stereocenters. The fraction of sp³-hybridized carbons (Fsp3) is 0.366. The third-order valence-electron chi connectivity index (χ3n) is 10.8. The number of rotatable bonds is 13. The third kappa shape index (κ3) is 7.54. The maximum Gasteiger partial charge on any atom is 0.331 e. The van der Waals surface area contributed by atoms with Crippen LogP contribution in [0, 0.1) is 10.1 Å². The molecule has 4 aromatic carbocycles. The Morgan fingerprint density at radius 3 is 1.98 bits per heavy atom. The number of nitrogens with zero attached hydrogens (tertiary/aromatic N) is 2. The molecular weight excluding hydrogens is 721 g/mol. The molecule has 0 unspecified atom stereocenters. The van der Waals surface area contributed by atoms with Gasteiger partial charge in [-0.25, -0.2) is 4.79 Å². The molecule has 1 aromatic heterocycles. The number of nitrogens with one attached hydrogen (secondary N) is 2. The number of hydrogen-bond donors (Lipinski definition) is 2. The van der Waals surface area contributed by atoms with Crippen molar-refractivity contribution in [2.45, 2.75) is 69.4 Å². The summed E-state index contributed by atoms with van der Waals surface area (Å²) in [6, 6.07) is 28.0. The Bertz CT molecular complexity index is 2220. The van der Waals surface area contributed by atoms with Gasteiger partial charge < -0.3 is 28.7 Å². The predicted molar refractivity (Wildman–Crippen MR) is 214 cm³/mol. The van der Waals surface area contributed by atoms with E-state index in [1.807, 2.05) is 78.9 Å². The van der Waals surface area contributed by atoms with Gasteiger partial charge in [0.25, 0.3) is 11.2 Å². The summed E-state index contributed by atoms with van der Waals surface area (Å²) in [6.07, 6.45) is -1.88. The van der Waals surface area contributed by atoms with Crippen molar-refractivity contribution < 1.29 is 28.3 Å². The number of benzene rings is 4. The van der Waals surface area contributed by atoms with Crippen LogP contribution in [0.3, 0.4) is 0 Å². The number of ether oxygens (including phenoxy) is 4. The highest BCUT2D eigenvalue weighted by Gasteiger charge is 2.47. The normalized spacial score (nSPS) is 17.6. The third-order valence-corrected chi connectivity index (χ3v) is 15.3. The highest BCUT2D eigenvalue weighted by atomic mass is 28.4. The zero-order chi connectivity index (χ0) is 39.7. The molecular formula is C41H48N4O9Si. The Hall–Kier alpha value is -5.28. The Morgan fingerprint density at radius 2 is 1.47 bits per heavy atom. The molecule has 13 nitrogen and oxygen atoms in total. The van der Waals surface area contributed by atoms with Crippen molar-refractivity contribution in [2.75, 3.05) is 33.2 Å². The molecule has 0 amide bonds. The van der Waals surface area contributed by atoms with Crippen molar-refractivity contribution in [3.63, 3.8) is 0 Å². The van der Waals surface area contributed by atoms with Crippen LogP contribution in [0.5, 0.6) is 11.5 Å². The molecule has 6 rings (SSSR count). The van der Waals surface area contributed by atoms with Gasteiger partial charge in [0.2, 0.25) is 0 Å². The van der Waals surface area contributed by atoms with E-state index in [1.54, 1.807) is 14.2 Å². The van der Waals surface area contributed by atoms with E-state index >= 15 is 0 Å². The predicted octanol–water partition coefficient (Wildman–Crippen LogP) is 7.34. The molecule has 0 saturated carbocycles. The lowest BCUT2D eigenvalue weighted by molar-refractivity contribution is -0.383. The minimum absolute atomic E-state index is 0.0261. The molecule has 290 valence electrons. The average Bonchev–Trinajstić information content (AvgIpc) is 3.55. The van der Waals surface area contributed by atoms with E-state index < -0.39 is 48.5 Å². The second-order valence-electron chi connectivity index (χ2n) is 15.1. The minimum Gasteiger partial charge on any atom is -0.497 e. The minimum atomic E-state index is -2.48. The average molecular weight is 769 g/mol. The van der Waals surface area contributed by atoms with Gasteiger partial charge in [0, 0.05) is 19.5 Å². The Balaban J connectivity index is 1.48. The molecule has 5 aromatic rings. The van der Waals surface area contributed by atoms with E-state index in [1.165, 1.54) is 23.7 Å². The number of nitro groups is 1. The van der Waals surface area contributed by atoms with E-state index in [2.05, 4.69) is 44.2 Å². The van der Waals surface area contributed by atoms with E-state index in [0.717, 1.165) is 16.7 Å². The number of hydrogen-bond acceptors (Lipinski definition) is 10. The zero-order valence-electron chi connectivity index (χ0n) is 32.4. The lowest BCUT2D eigenvalue weighted by Gasteiger charge is -2.39. The lowest BCUT2D eigenvalue weighted by Crippen LogP contribution is -2.46. The molecule has 2 N–H and O–H groups in total. The monoisotopic (exact) mass is 768 g/mol. The summed E-state index contributed by atoms with van der Waals surface area (Å²) in [4.78, 5) is 40.7. The molecule has 55 heavy (non-hydrogen) atoms. The van der Waals surface area contributed by atoms with Crippen LogP contribution in [-0.2, 0) is 19.5 Å². The van der Waals surface area contributed by atoms with Crippen LogP contribution in [0.2, 0.25) is 18.1 Å². The van der Waals surface area contributed by atoms with Gasteiger partial charge in [-0.15, -0.1) is 0 Å². The molecule has 1 aliphatic heterocycles. The van der Waals surface area contributed by atoms with Crippen molar-refractivity contribution >= 4 is 30.6 Å². The molecule has 0 bridgehead atoms.